The van der Waals surface area contributed by atoms with Crippen molar-refractivity contribution in [1.82, 2.24) is 4.90 Å². The molecule has 1 rings (SSSR count). The summed E-state index contributed by atoms with van der Waals surface area (Å²) in [5.74, 6) is 2.04. The van der Waals surface area contributed by atoms with E-state index >= 15 is 0 Å². The summed E-state index contributed by atoms with van der Waals surface area (Å²) in [6.45, 7) is 31.5. The molecule has 0 aliphatic carbocycles. The molecule has 1 nitrogen and oxygen atoms in total. The molecule has 0 N–H and O–H groups in total. The lowest BCUT2D eigenvalue weighted by atomic mass is 9.55. The molecule has 26 heavy (non-hydrogen) atoms. The summed E-state index contributed by atoms with van der Waals surface area (Å²) < 4.78 is 0. The Morgan fingerprint density at radius 3 is 1.77 bits per heavy atom. The first kappa shape index (κ1) is 23.6. The van der Waals surface area contributed by atoms with Crippen LogP contribution in [0.15, 0.2) is 12.3 Å². The molecular weight excluding hydrogens is 314 g/mol. The Balaban J connectivity index is 3.14. The zero-order chi connectivity index (χ0) is 20.3. The molecule has 1 aliphatic heterocycles. The van der Waals surface area contributed by atoms with E-state index in [0.717, 1.165) is 11.8 Å². The van der Waals surface area contributed by atoms with E-state index in [1.807, 2.05) is 0 Å². The van der Waals surface area contributed by atoms with Crippen LogP contribution in [0.1, 0.15) is 101 Å². The van der Waals surface area contributed by atoms with Gasteiger partial charge in [-0.25, -0.2) is 0 Å². The zero-order valence-electron chi connectivity index (χ0n) is 19.8. The van der Waals surface area contributed by atoms with Crippen molar-refractivity contribution in [2.24, 2.45) is 34.0 Å². The lowest BCUT2D eigenvalue weighted by Crippen LogP contribution is -2.46. The van der Waals surface area contributed by atoms with Crippen LogP contribution in [0.25, 0.3) is 0 Å². The summed E-state index contributed by atoms with van der Waals surface area (Å²) >= 11 is 0. The van der Waals surface area contributed by atoms with Crippen molar-refractivity contribution < 1.29 is 0 Å². The second kappa shape index (κ2) is 8.70. The van der Waals surface area contributed by atoms with Gasteiger partial charge in [0.2, 0.25) is 0 Å². The summed E-state index contributed by atoms with van der Waals surface area (Å²) in [5.41, 5.74) is 2.24. The normalized spacial score (nSPS) is 19.6. The maximum absolute atomic E-state index is 4.68. The molecule has 1 saturated heterocycles. The van der Waals surface area contributed by atoms with Crippen LogP contribution in [-0.2, 0) is 0 Å². The summed E-state index contributed by atoms with van der Waals surface area (Å²) in [6, 6.07) is 0. The van der Waals surface area contributed by atoms with Gasteiger partial charge in [0.05, 0.1) is 0 Å². The smallest absolute Gasteiger partial charge is 0.0174 e. The Morgan fingerprint density at radius 1 is 0.846 bits per heavy atom. The highest BCUT2D eigenvalue weighted by molar-refractivity contribution is 5.10. The van der Waals surface area contributed by atoms with Crippen LogP contribution < -0.4 is 0 Å². The molecule has 0 radical (unpaired) electrons. The maximum Gasteiger partial charge on any atom is 0.0174 e. The van der Waals surface area contributed by atoms with Gasteiger partial charge in [-0.1, -0.05) is 75.8 Å². The summed E-state index contributed by atoms with van der Waals surface area (Å²) in [4.78, 5) is 2.61. The lowest BCUT2D eigenvalue weighted by Gasteiger charge is -2.52. The molecule has 0 aromatic heterocycles. The first-order valence-electron chi connectivity index (χ1n) is 11.1. The number of hydrogen-bond donors (Lipinski definition) is 0. The van der Waals surface area contributed by atoms with Crippen LogP contribution in [0.2, 0.25) is 0 Å². The summed E-state index contributed by atoms with van der Waals surface area (Å²) in [5, 5.41) is 0. The molecule has 0 bridgehead atoms. The summed E-state index contributed by atoms with van der Waals surface area (Å²) in [7, 11) is 0. The molecular formula is C25H49N. The molecule has 0 aromatic carbocycles. The van der Waals surface area contributed by atoms with Gasteiger partial charge in [0.15, 0.2) is 0 Å². The highest BCUT2D eigenvalue weighted by atomic mass is 15.1. The van der Waals surface area contributed by atoms with E-state index in [-0.39, 0.29) is 10.8 Å². The van der Waals surface area contributed by atoms with Crippen LogP contribution in [0.5, 0.6) is 0 Å². The van der Waals surface area contributed by atoms with Crippen molar-refractivity contribution in [3.63, 3.8) is 0 Å². The molecule has 0 amide bonds. The molecule has 2 unspecified atom stereocenters. The average molecular weight is 364 g/mol. The van der Waals surface area contributed by atoms with Gasteiger partial charge in [0.1, 0.15) is 0 Å². The van der Waals surface area contributed by atoms with Crippen molar-refractivity contribution >= 4 is 0 Å². The number of likely N-dealkylation sites (tertiary alicyclic amines) is 1. The minimum Gasteiger partial charge on any atom is -0.375 e. The van der Waals surface area contributed by atoms with Gasteiger partial charge in [-0.3, -0.25) is 0 Å². The molecule has 1 heteroatoms. The Kier molecular flexibility index (Phi) is 7.89. The van der Waals surface area contributed by atoms with Gasteiger partial charge in [0, 0.05) is 24.7 Å². The van der Waals surface area contributed by atoms with Crippen LogP contribution in [0, 0.1) is 34.0 Å². The molecule has 0 saturated carbocycles. The minimum atomic E-state index is 0.220. The van der Waals surface area contributed by atoms with Gasteiger partial charge in [-0.05, 0) is 60.2 Å². The number of hydrogen-bond acceptors (Lipinski definition) is 1. The monoisotopic (exact) mass is 363 g/mol. The van der Waals surface area contributed by atoms with E-state index in [0.29, 0.717) is 11.3 Å². The van der Waals surface area contributed by atoms with E-state index in [1.54, 1.807) is 0 Å². The molecule has 2 atom stereocenters. The Morgan fingerprint density at radius 2 is 1.35 bits per heavy atom. The molecule has 1 heterocycles. The Labute approximate surface area is 166 Å². The van der Waals surface area contributed by atoms with E-state index < -0.39 is 0 Å². The van der Waals surface area contributed by atoms with Crippen molar-refractivity contribution in [2.75, 3.05) is 13.1 Å². The van der Waals surface area contributed by atoms with Gasteiger partial charge in [-0.15, -0.1) is 0 Å². The van der Waals surface area contributed by atoms with E-state index in [2.05, 4.69) is 80.7 Å². The van der Waals surface area contributed by atoms with Crippen molar-refractivity contribution in [3.05, 3.63) is 12.3 Å². The molecule has 1 fully saturated rings. The standard InChI is InChI=1S/C25H49N/c1-19(2)20(3)17-24(8,9)25(10,11)22(18-23(5,6)7)21(4)26-15-13-12-14-16-26/h19-20,22H,4,12-18H2,1-3,5-11H3. The third-order valence-electron chi connectivity index (χ3n) is 7.57. The number of piperidine rings is 1. The third kappa shape index (κ3) is 6.03. The predicted molar refractivity (Wildman–Crippen MR) is 118 cm³/mol. The van der Waals surface area contributed by atoms with E-state index in [9.17, 15) is 0 Å². The first-order valence-corrected chi connectivity index (χ1v) is 11.1. The second-order valence-corrected chi connectivity index (χ2v) is 11.9. The highest BCUT2D eigenvalue weighted by Crippen LogP contribution is 2.54. The zero-order valence-corrected chi connectivity index (χ0v) is 19.8. The molecule has 154 valence electrons. The molecule has 0 spiro atoms. The topological polar surface area (TPSA) is 3.24 Å². The van der Waals surface area contributed by atoms with E-state index in [4.69, 9.17) is 0 Å². The van der Waals surface area contributed by atoms with Crippen LogP contribution >= 0.6 is 0 Å². The average Bonchev–Trinajstić information content (AvgIpc) is 2.51. The van der Waals surface area contributed by atoms with Gasteiger partial charge in [0.25, 0.3) is 0 Å². The quantitative estimate of drug-likeness (QED) is 0.425. The Hall–Kier alpha value is -0.460. The highest BCUT2D eigenvalue weighted by Gasteiger charge is 2.46. The van der Waals surface area contributed by atoms with Gasteiger partial charge in [-0.2, -0.15) is 0 Å². The van der Waals surface area contributed by atoms with E-state index in [1.165, 1.54) is 50.9 Å². The number of nitrogens with zero attached hydrogens (tertiary/aromatic N) is 1. The van der Waals surface area contributed by atoms with Gasteiger partial charge < -0.3 is 4.90 Å². The van der Waals surface area contributed by atoms with Gasteiger partial charge >= 0.3 is 0 Å². The lowest BCUT2D eigenvalue weighted by molar-refractivity contribution is 0.0000111. The summed E-state index contributed by atoms with van der Waals surface area (Å²) in [6.07, 6.45) is 6.54. The second-order valence-electron chi connectivity index (χ2n) is 11.9. The SMILES string of the molecule is C=C(C(CC(C)(C)C)C(C)(C)C(C)(C)CC(C)C(C)C)N1CCCCC1. The first-order chi connectivity index (χ1) is 11.7. The molecule has 1 aliphatic rings. The molecule has 0 aromatic rings. The maximum atomic E-state index is 4.68. The fourth-order valence-electron chi connectivity index (χ4n) is 4.58. The van der Waals surface area contributed by atoms with Crippen molar-refractivity contribution in [2.45, 2.75) is 101 Å². The van der Waals surface area contributed by atoms with Crippen LogP contribution in [-0.4, -0.2) is 18.0 Å². The predicted octanol–water partition coefficient (Wildman–Crippen LogP) is 7.77. The fourth-order valence-corrected chi connectivity index (χ4v) is 4.58. The van der Waals surface area contributed by atoms with Crippen LogP contribution in [0.4, 0.5) is 0 Å². The number of rotatable bonds is 8. The fraction of sp³-hybridized carbons (Fsp3) is 0.920. The van der Waals surface area contributed by atoms with Crippen LogP contribution in [0.3, 0.4) is 0 Å². The third-order valence-corrected chi connectivity index (χ3v) is 7.57. The number of allylic oxidation sites excluding steroid dienone is 1. The largest absolute Gasteiger partial charge is 0.375 e. The Bertz CT molecular complexity index is 443. The minimum absolute atomic E-state index is 0.220. The van der Waals surface area contributed by atoms with Crippen molar-refractivity contribution in [1.29, 1.82) is 0 Å². The van der Waals surface area contributed by atoms with Crippen molar-refractivity contribution in [3.8, 4) is 0 Å².